The van der Waals surface area contributed by atoms with Gasteiger partial charge < -0.3 is 30.6 Å². The Morgan fingerprint density at radius 1 is 0.733 bits per heavy atom. The van der Waals surface area contributed by atoms with E-state index in [1.54, 1.807) is 0 Å². The van der Waals surface area contributed by atoms with Crippen LogP contribution in [0.15, 0.2) is 0 Å². The molecule has 5 atom stereocenters. The Morgan fingerprint density at radius 3 is 1.47 bits per heavy atom. The summed E-state index contributed by atoms with van der Waals surface area (Å²) in [4.78, 5) is -1.35. The molecule has 0 aromatic rings. The van der Waals surface area contributed by atoms with Gasteiger partial charge in [-0.25, -0.2) is 0 Å². The van der Waals surface area contributed by atoms with Gasteiger partial charge in [-0.3, -0.25) is 0 Å². The maximum Gasteiger partial charge on any atom is 0.136 e. The lowest BCUT2D eigenvalue weighted by molar-refractivity contribution is -0.137. The maximum absolute atomic E-state index is 9.26. The number of halogens is 2. The van der Waals surface area contributed by atoms with Gasteiger partial charge in [0, 0.05) is 0 Å². The zero-order valence-electron chi connectivity index (χ0n) is 7.61. The van der Waals surface area contributed by atoms with Crippen LogP contribution < -0.4 is 0 Å². The molecule has 0 saturated heterocycles. The Labute approximate surface area is 96.3 Å². The smallest absolute Gasteiger partial charge is 0.136 e. The molecular weight excluding hydrogens is 251 g/mol. The van der Waals surface area contributed by atoms with Crippen molar-refractivity contribution < 1.29 is 30.6 Å². The van der Waals surface area contributed by atoms with E-state index in [0.29, 0.717) is 0 Å². The number of hydrogen-bond acceptors (Lipinski definition) is 6. The Kier molecular flexibility index (Phi) is 6.98. The number of alkyl halides is 2. The summed E-state index contributed by atoms with van der Waals surface area (Å²) >= 11 is 10.5. The third-order valence-electron chi connectivity index (χ3n) is 1.89. The fraction of sp³-hybridized carbons (Fsp3) is 1.00. The van der Waals surface area contributed by atoms with E-state index < -0.39 is 42.0 Å². The quantitative estimate of drug-likeness (QED) is 0.297. The molecule has 6 N–H and O–H groups in total. The first kappa shape index (κ1) is 15.3. The Balaban J connectivity index is 4.36. The van der Waals surface area contributed by atoms with Crippen LogP contribution in [0.25, 0.3) is 0 Å². The monoisotopic (exact) mass is 264 g/mol. The van der Waals surface area contributed by atoms with Gasteiger partial charge in [0.2, 0.25) is 0 Å². The van der Waals surface area contributed by atoms with Crippen LogP contribution in [0, 0.1) is 0 Å². The molecule has 0 rings (SSSR count). The Bertz CT molecular complexity index is 181. The molecule has 15 heavy (non-hydrogen) atoms. The van der Waals surface area contributed by atoms with Gasteiger partial charge in [0.05, 0.1) is 6.61 Å². The van der Waals surface area contributed by atoms with Crippen LogP contribution >= 0.6 is 23.2 Å². The van der Waals surface area contributed by atoms with Crippen LogP contribution in [-0.4, -0.2) is 72.6 Å². The van der Waals surface area contributed by atoms with E-state index in [0.717, 1.165) is 0 Å². The molecule has 0 amide bonds. The minimum absolute atomic E-state index is 0.799. The van der Waals surface area contributed by atoms with E-state index in [1.165, 1.54) is 0 Å². The lowest BCUT2D eigenvalue weighted by Crippen LogP contribution is -2.51. The zero-order valence-corrected chi connectivity index (χ0v) is 9.12. The molecule has 1 unspecified atom stereocenters. The second-order valence-electron chi connectivity index (χ2n) is 3.05. The highest BCUT2D eigenvalue weighted by Crippen LogP contribution is 2.16. The fourth-order valence-corrected chi connectivity index (χ4v) is 1.19. The summed E-state index contributed by atoms with van der Waals surface area (Å²) in [5.74, 6) is 0. The van der Waals surface area contributed by atoms with Gasteiger partial charge >= 0.3 is 0 Å². The molecular formula is C7H14Cl2O6. The normalized spacial score (nSPS) is 22.2. The van der Waals surface area contributed by atoms with Gasteiger partial charge in [0.25, 0.3) is 0 Å². The maximum atomic E-state index is 9.26. The van der Waals surface area contributed by atoms with Crippen LogP contribution in [0.4, 0.5) is 0 Å². The summed E-state index contributed by atoms with van der Waals surface area (Å²) in [7, 11) is 0. The van der Waals surface area contributed by atoms with Crippen LogP contribution in [0.2, 0.25) is 0 Å². The van der Waals surface area contributed by atoms with Crippen molar-refractivity contribution in [3.63, 3.8) is 0 Å². The number of aliphatic hydroxyl groups is 6. The highest BCUT2D eigenvalue weighted by Gasteiger charge is 2.36. The fourth-order valence-electron chi connectivity index (χ4n) is 0.889. The molecule has 0 aromatic heterocycles. The molecule has 0 spiro atoms. The van der Waals surface area contributed by atoms with E-state index in [4.69, 9.17) is 38.5 Å². The molecule has 0 radical (unpaired) electrons. The standard InChI is InChI=1S/C7H14Cl2O6/c8-7(9)6(15)5(14)4(13)3(12)2(11)1-10/h2-7,10-15H,1H2/t2-,3-,4+,5-,6?/m1/s1. The SMILES string of the molecule is OC[C@@H](O)[C@@H](O)[C@H](O)[C@@H](O)C(O)C(Cl)Cl. The highest BCUT2D eigenvalue weighted by atomic mass is 35.5. The zero-order chi connectivity index (χ0) is 12.2. The topological polar surface area (TPSA) is 121 Å². The van der Waals surface area contributed by atoms with Crippen molar-refractivity contribution in [1.29, 1.82) is 0 Å². The summed E-state index contributed by atoms with van der Waals surface area (Å²) < 4.78 is 0. The van der Waals surface area contributed by atoms with Crippen LogP contribution in [0.5, 0.6) is 0 Å². The lowest BCUT2D eigenvalue weighted by Gasteiger charge is -2.28. The second-order valence-corrected chi connectivity index (χ2v) is 4.21. The van der Waals surface area contributed by atoms with Gasteiger partial charge in [-0.05, 0) is 0 Å². The van der Waals surface area contributed by atoms with Crippen molar-refractivity contribution in [2.45, 2.75) is 35.4 Å². The molecule has 0 aliphatic rings. The average Bonchev–Trinajstić information content (AvgIpc) is 2.23. The van der Waals surface area contributed by atoms with Crippen molar-refractivity contribution >= 4 is 23.2 Å². The Morgan fingerprint density at radius 2 is 1.13 bits per heavy atom. The Hall–Kier alpha value is 0.340. The van der Waals surface area contributed by atoms with Crippen molar-refractivity contribution in [3.05, 3.63) is 0 Å². The van der Waals surface area contributed by atoms with E-state index >= 15 is 0 Å². The second kappa shape index (κ2) is 6.82. The molecule has 0 saturated carbocycles. The van der Waals surface area contributed by atoms with Gasteiger partial charge in [0.15, 0.2) is 0 Å². The molecule has 92 valence electrons. The number of hydrogen-bond donors (Lipinski definition) is 6. The van der Waals surface area contributed by atoms with E-state index in [1.807, 2.05) is 0 Å². The number of aliphatic hydroxyl groups excluding tert-OH is 6. The molecule has 0 fully saturated rings. The lowest BCUT2D eigenvalue weighted by atomic mass is 10.0. The molecule has 8 heteroatoms. The van der Waals surface area contributed by atoms with Crippen LogP contribution in [0.3, 0.4) is 0 Å². The van der Waals surface area contributed by atoms with E-state index in [-0.39, 0.29) is 0 Å². The number of rotatable bonds is 6. The van der Waals surface area contributed by atoms with Gasteiger partial charge in [-0.2, -0.15) is 0 Å². The first-order valence-electron chi connectivity index (χ1n) is 4.12. The molecule has 0 aliphatic carbocycles. The highest BCUT2D eigenvalue weighted by molar-refractivity contribution is 6.44. The van der Waals surface area contributed by atoms with Crippen molar-refractivity contribution in [3.8, 4) is 0 Å². The third kappa shape index (κ3) is 4.38. The van der Waals surface area contributed by atoms with Gasteiger partial charge in [-0.1, -0.05) is 0 Å². The summed E-state index contributed by atoms with van der Waals surface area (Å²) in [6.07, 6.45) is -8.83. The minimum atomic E-state index is -1.87. The molecule has 0 bridgehead atoms. The molecule has 6 nitrogen and oxygen atoms in total. The van der Waals surface area contributed by atoms with E-state index in [9.17, 15) is 15.3 Å². The first-order valence-corrected chi connectivity index (χ1v) is 4.99. The molecule has 0 heterocycles. The van der Waals surface area contributed by atoms with Gasteiger partial charge in [-0.15, -0.1) is 23.2 Å². The molecule has 0 aliphatic heterocycles. The van der Waals surface area contributed by atoms with E-state index in [2.05, 4.69) is 0 Å². The van der Waals surface area contributed by atoms with Crippen LogP contribution in [-0.2, 0) is 0 Å². The first-order chi connectivity index (χ1) is 6.82. The van der Waals surface area contributed by atoms with Crippen LogP contribution in [0.1, 0.15) is 0 Å². The summed E-state index contributed by atoms with van der Waals surface area (Å²) in [6, 6.07) is 0. The predicted molar refractivity (Wildman–Crippen MR) is 52.6 cm³/mol. The third-order valence-corrected chi connectivity index (χ3v) is 2.41. The largest absolute Gasteiger partial charge is 0.394 e. The van der Waals surface area contributed by atoms with Crippen molar-refractivity contribution in [2.24, 2.45) is 0 Å². The predicted octanol–water partition coefficient (Wildman–Crippen LogP) is -2.41. The summed E-state index contributed by atoms with van der Waals surface area (Å²) in [5.41, 5.74) is 0. The molecule has 0 aromatic carbocycles. The summed E-state index contributed by atoms with van der Waals surface area (Å²) in [5, 5.41) is 54.2. The van der Waals surface area contributed by atoms with Crippen molar-refractivity contribution in [2.75, 3.05) is 6.61 Å². The van der Waals surface area contributed by atoms with Crippen molar-refractivity contribution in [1.82, 2.24) is 0 Å². The minimum Gasteiger partial charge on any atom is -0.394 e. The average molecular weight is 265 g/mol. The van der Waals surface area contributed by atoms with Gasteiger partial charge in [0.1, 0.15) is 35.4 Å². The summed E-state index contributed by atoms with van der Waals surface area (Å²) in [6.45, 7) is -0.799.